The van der Waals surface area contributed by atoms with E-state index >= 15 is 0 Å². The molecule has 1 saturated carbocycles. The van der Waals surface area contributed by atoms with Gasteiger partial charge in [0.1, 0.15) is 5.69 Å². The van der Waals surface area contributed by atoms with Crippen LogP contribution in [0.4, 0.5) is 5.69 Å². The lowest BCUT2D eigenvalue weighted by Crippen LogP contribution is -2.28. The number of rotatable bonds is 5. The largest absolute Gasteiger partial charge is 0.393 e. The number of nitrogen functional groups attached to an aromatic ring is 1. The Kier molecular flexibility index (Phi) is 3.31. The number of hydrogen-bond acceptors (Lipinski definition) is 2. The van der Waals surface area contributed by atoms with E-state index in [2.05, 4.69) is 25.5 Å². The second-order valence-corrected chi connectivity index (χ2v) is 5.05. The van der Waals surface area contributed by atoms with Gasteiger partial charge in [0.05, 0.1) is 11.7 Å². The van der Waals surface area contributed by atoms with Crippen LogP contribution in [0.1, 0.15) is 51.8 Å². The lowest BCUT2D eigenvalue weighted by atomic mass is 10.2. The van der Waals surface area contributed by atoms with Gasteiger partial charge in [0.2, 0.25) is 0 Å². The predicted molar refractivity (Wildman–Crippen MR) is 70.2 cm³/mol. The number of hydrogen-bond donors (Lipinski definition) is 1. The van der Waals surface area contributed by atoms with E-state index in [4.69, 9.17) is 5.73 Å². The first-order chi connectivity index (χ1) is 8.11. The first kappa shape index (κ1) is 12.3. The minimum Gasteiger partial charge on any atom is -0.393 e. The Labute approximate surface area is 102 Å². The Balaban J connectivity index is 2.49. The molecule has 0 bridgehead atoms. The fourth-order valence-electron chi connectivity index (χ4n) is 2.65. The molecule has 0 aromatic carbocycles. The summed E-state index contributed by atoms with van der Waals surface area (Å²) in [5.74, 6) is 0.668. The van der Waals surface area contributed by atoms with Gasteiger partial charge >= 0.3 is 0 Å². The number of anilines is 1. The van der Waals surface area contributed by atoms with Crippen LogP contribution >= 0.6 is 0 Å². The quantitative estimate of drug-likeness (QED) is 0.853. The molecule has 0 radical (unpaired) electrons. The van der Waals surface area contributed by atoms with Crippen molar-refractivity contribution in [1.29, 1.82) is 0 Å². The maximum Gasteiger partial charge on any atom is 0.290 e. The van der Waals surface area contributed by atoms with Gasteiger partial charge in [-0.05, 0) is 39.0 Å². The van der Waals surface area contributed by atoms with Crippen LogP contribution in [-0.4, -0.2) is 9.36 Å². The van der Waals surface area contributed by atoms with Crippen LogP contribution in [-0.2, 0) is 13.0 Å². The third kappa shape index (κ3) is 2.01. The molecule has 1 heterocycles. The molecular formula is C13H23N3O. The Hall–Kier alpha value is -1.19. The van der Waals surface area contributed by atoms with Crippen molar-refractivity contribution in [3.05, 3.63) is 16.0 Å². The summed E-state index contributed by atoms with van der Waals surface area (Å²) < 4.78 is 3.97. The highest BCUT2D eigenvalue weighted by molar-refractivity contribution is 5.42. The molecule has 1 aliphatic carbocycles. The van der Waals surface area contributed by atoms with Crippen LogP contribution < -0.4 is 11.3 Å². The molecule has 1 atom stereocenters. The van der Waals surface area contributed by atoms with Crippen LogP contribution in [0, 0.1) is 5.92 Å². The van der Waals surface area contributed by atoms with Crippen LogP contribution in [0.5, 0.6) is 0 Å². The maximum atomic E-state index is 12.2. The van der Waals surface area contributed by atoms with Crippen molar-refractivity contribution in [3.8, 4) is 0 Å². The van der Waals surface area contributed by atoms with Gasteiger partial charge in [0, 0.05) is 6.54 Å². The molecule has 2 N–H and O–H groups in total. The molecular weight excluding hydrogens is 214 g/mol. The van der Waals surface area contributed by atoms with Crippen molar-refractivity contribution in [3.63, 3.8) is 0 Å². The molecule has 0 saturated heterocycles. The normalized spacial score (nSPS) is 17.4. The van der Waals surface area contributed by atoms with Crippen LogP contribution in [0.3, 0.4) is 0 Å². The fraction of sp³-hybridized carbons (Fsp3) is 0.769. The van der Waals surface area contributed by atoms with E-state index in [1.165, 1.54) is 12.8 Å². The van der Waals surface area contributed by atoms with Gasteiger partial charge in [-0.1, -0.05) is 13.3 Å². The van der Waals surface area contributed by atoms with Gasteiger partial charge in [-0.15, -0.1) is 0 Å². The van der Waals surface area contributed by atoms with Gasteiger partial charge < -0.3 is 5.73 Å². The van der Waals surface area contributed by atoms with Gasteiger partial charge in [0.15, 0.2) is 0 Å². The number of aromatic nitrogens is 2. The highest BCUT2D eigenvalue weighted by Gasteiger charge is 2.32. The molecule has 1 fully saturated rings. The number of nitrogens with two attached hydrogens (primary N) is 1. The molecule has 17 heavy (non-hydrogen) atoms. The first-order valence-electron chi connectivity index (χ1n) is 6.71. The smallest absolute Gasteiger partial charge is 0.290 e. The summed E-state index contributed by atoms with van der Waals surface area (Å²) in [5, 5.41) is 0. The van der Waals surface area contributed by atoms with Crippen molar-refractivity contribution in [1.82, 2.24) is 9.36 Å². The molecule has 96 valence electrons. The Morgan fingerprint density at radius 1 is 1.41 bits per heavy atom. The Bertz CT molecular complexity index is 454. The summed E-state index contributed by atoms with van der Waals surface area (Å²) in [6.45, 7) is 7.15. The zero-order valence-electron chi connectivity index (χ0n) is 11.1. The van der Waals surface area contributed by atoms with Crippen molar-refractivity contribution in [2.45, 2.75) is 59.0 Å². The standard InChI is InChI=1S/C13H23N3O/c1-4-6-11-12(14)13(17)16(15(11)5-2)9(3)10-7-8-10/h9-10H,4-8,14H2,1-3H3. The molecule has 1 aliphatic rings. The molecule has 4 heteroatoms. The topological polar surface area (TPSA) is 53.0 Å². The molecule has 1 unspecified atom stereocenters. The zero-order valence-corrected chi connectivity index (χ0v) is 11.1. The summed E-state index contributed by atoms with van der Waals surface area (Å²) >= 11 is 0. The molecule has 0 amide bonds. The monoisotopic (exact) mass is 237 g/mol. The fourth-order valence-corrected chi connectivity index (χ4v) is 2.65. The molecule has 2 rings (SSSR count). The average Bonchev–Trinajstić information content (AvgIpc) is 3.12. The minimum atomic E-state index is 0.00898. The molecule has 0 aliphatic heterocycles. The van der Waals surface area contributed by atoms with E-state index < -0.39 is 0 Å². The van der Waals surface area contributed by atoms with E-state index in [1.807, 2.05) is 4.68 Å². The third-order valence-corrected chi connectivity index (χ3v) is 3.80. The highest BCUT2D eigenvalue weighted by atomic mass is 16.1. The summed E-state index contributed by atoms with van der Waals surface area (Å²) in [5.41, 5.74) is 7.46. The Morgan fingerprint density at radius 2 is 2.06 bits per heavy atom. The van der Waals surface area contributed by atoms with Crippen molar-refractivity contribution in [2.75, 3.05) is 5.73 Å². The van der Waals surface area contributed by atoms with Gasteiger partial charge in [-0.2, -0.15) is 0 Å². The van der Waals surface area contributed by atoms with E-state index in [0.29, 0.717) is 11.6 Å². The first-order valence-corrected chi connectivity index (χ1v) is 6.71. The van der Waals surface area contributed by atoms with Crippen molar-refractivity contribution in [2.24, 2.45) is 5.92 Å². The Morgan fingerprint density at radius 3 is 2.53 bits per heavy atom. The molecule has 0 spiro atoms. The van der Waals surface area contributed by atoms with Crippen LogP contribution in [0.25, 0.3) is 0 Å². The maximum absolute atomic E-state index is 12.2. The lowest BCUT2D eigenvalue weighted by molar-refractivity contribution is 0.349. The summed E-state index contributed by atoms with van der Waals surface area (Å²) in [6, 6.07) is 0.287. The molecule has 1 aromatic heterocycles. The van der Waals surface area contributed by atoms with Gasteiger partial charge in [0.25, 0.3) is 5.56 Å². The third-order valence-electron chi connectivity index (χ3n) is 3.80. The summed E-state index contributed by atoms with van der Waals surface area (Å²) in [4.78, 5) is 12.2. The van der Waals surface area contributed by atoms with E-state index in [0.717, 1.165) is 25.1 Å². The second kappa shape index (κ2) is 4.59. The minimum absolute atomic E-state index is 0.00898. The lowest BCUT2D eigenvalue weighted by Gasteiger charge is -2.18. The predicted octanol–water partition coefficient (Wildman–Crippen LogP) is 2.18. The molecule has 4 nitrogen and oxygen atoms in total. The summed E-state index contributed by atoms with van der Waals surface area (Å²) in [6.07, 6.45) is 4.39. The van der Waals surface area contributed by atoms with E-state index in [9.17, 15) is 4.79 Å². The SMILES string of the molecule is CCCc1c(N)c(=O)n(C(C)C2CC2)n1CC. The second-order valence-electron chi connectivity index (χ2n) is 5.05. The summed E-state index contributed by atoms with van der Waals surface area (Å²) in [7, 11) is 0. The number of nitrogens with zero attached hydrogens (tertiary/aromatic N) is 2. The van der Waals surface area contributed by atoms with Crippen molar-refractivity contribution < 1.29 is 0 Å². The van der Waals surface area contributed by atoms with Gasteiger partial charge in [-0.25, -0.2) is 4.68 Å². The van der Waals surface area contributed by atoms with E-state index in [1.54, 1.807) is 0 Å². The molecule has 1 aromatic rings. The van der Waals surface area contributed by atoms with Crippen molar-refractivity contribution >= 4 is 5.69 Å². The van der Waals surface area contributed by atoms with Crippen LogP contribution in [0.2, 0.25) is 0 Å². The zero-order chi connectivity index (χ0) is 12.6. The van der Waals surface area contributed by atoms with E-state index in [-0.39, 0.29) is 11.6 Å². The average molecular weight is 237 g/mol. The van der Waals surface area contributed by atoms with Gasteiger partial charge in [-0.3, -0.25) is 9.48 Å². The van der Waals surface area contributed by atoms with Crippen LogP contribution in [0.15, 0.2) is 4.79 Å². The highest BCUT2D eigenvalue weighted by Crippen LogP contribution is 2.39.